The minimum absolute atomic E-state index is 0.00745. The van der Waals surface area contributed by atoms with Gasteiger partial charge in [-0.25, -0.2) is 0 Å². The Morgan fingerprint density at radius 3 is 1.45 bits per heavy atom. The van der Waals surface area contributed by atoms with Crippen LogP contribution in [0.3, 0.4) is 0 Å². The monoisotopic (exact) mass is 417 g/mol. The van der Waals surface area contributed by atoms with E-state index in [0.29, 0.717) is 17.1 Å². The molecule has 0 heterocycles. The van der Waals surface area contributed by atoms with Gasteiger partial charge in [-0.1, -0.05) is 6.92 Å². The average molecular weight is 417 g/mol. The Kier molecular flexibility index (Phi) is 7.70. The molecule has 158 valence electrons. The molecule has 0 aromatic heterocycles. The molecule has 7 heteroatoms. The average Bonchev–Trinajstić information content (AvgIpc) is 2.81. The molecule has 0 saturated carbocycles. The highest BCUT2D eigenvalue weighted by Gasteiger charge is 2.03. The summed E-state index contributed by atoms with van der Waals surface area (Å²) in [6.45, 7) is 6.33. The van der Waals surface area contributed by atoms with E-state index < -0.39 is 6.04 Å². The lowest BCUT2D eigenvalue weighted by molar-refractivity contribution is 0.0836. The third-order valence-electron chi connectivity index (χ3n) is 4.60. The maximum atomic E-state index is 12.6. The van der Waals surface area contributed by atoms with Crippen LogP contribution in [0.25, 0.3) is 0 Å². The summed E-state index contributed by atoms with van der Waals surface area (Å²) < 4.78 is 12.6. The standard InChI is InChI=1S/C24H24FN5O/c1-3-17-30(4-2)23-15-13-22(14-16-23)29-28-21-11-9-20(10-12-21)27-26-19-7-5-18(6-8-19)24(25)31/h5-16H,3-4,17H2,1-2H3. The Bertz CT molecular complexity index is 1040. The fourth-order valence-corrected chi connectivity index (χ4v) is 2.95. The smallest absolute Gasteiger partial charge is 0.332 e. The Balaban J connectivity index is 1.61. The van der Waals surface area contributed by atoms with E-state index in [-0.39, 0.29) is 5.56 Å². The first-order valence-corrected chi connectivity index (χ1v) is 10.2. The van der Waals surface area contributed by atoms with E-state index in [1.54, 1.807) is 24.3 Å². The number of carbonyl (C=O) groups is 1. The summed E-state index contributed by atoms with van der Waals surface area (Å²) in [5.74, 6) is 0. The molecule has 0 aliphatic carbocycles. The normalized spacial score (nSPS) is 11.3. The fraction of sp³-hybridized carbons (Fsp3) is 0.208. The summed E-state index contributed by atoms with van der Waals surface area (Å²) in [4.78, 5) is 13.0. The van der Waals surface area contributed by atoms with Crippen molar-refractivity contribution in [2.75, 3.05) is 18.0 Å². The van der Waals surface area contributed by atoms with Crippen LogP contribution >= 0.6 is 0 Å². The van der Waals surface area contributed by atoms with Crippen molar-refractivity contribution in [3.63, 3.8) is 0 Å². The van der Waals surface area contributed by atoms with Gasteiger partial charge >= 0.3 is 6.04 Å². The maximum absolute atomic E-state index is 12.6. The molecule has 0 radical (unpaired) electrons. The quantitative estimate of drug-likeness (QED) is 0.262. The third-order valence-corrected chi connectivity index (χ3v) is 4.60. The number of hydrogen-bond donors (Lipinski definition) is 0. The van der Waals surface area contributed by atoms with Crippen LogP contribution in [0.1, 0.15) is 30.6 Å². The molecule has 0 atom stereocenters. The third kappa shape index (κ3) is 6.37. The topological polar surface area (TPSA) is 69.8 Å². The predicted molar refractivity (Wildman–Crippen MR) is 121 cm³/mol. The molecule has 0 unspecified atom stereocenters. The van der Waals surface area contributed by atoms with Gasteiger partial charge in [-0.3, -0.25) is 4.79 Å². The largest absolute Gasteiger partial charge is 0.372 e. The van der Waals surface area contributed by atoms with Gasteiger partial charge in [-0.15, -0.1) is 0 Å². The zero-order chi connectivity index (χ0) is 22.1. The van der Waals surface area contributed by atoms with E-state index >= 15 is 0 Å². The highest BCUT2D eigenvalue weighted by molar-refractivity contribution is 5.88. The fourth-order valence-electron chi connectivity index (χ4n) is 2.95. The van der Waals surface area contributed by atoms with E-state index in [0.717, 1.165) is 25.2 Å². The van der Waals surface area contributed by atoms with Crippen molar-refractivity contribution >= 4 is 34.5 Å². The molecule has 0 fully saturated rings. The lowest BCUT2D eigenvalue weighted by Crippen LogP contribution is -2.23. The number of carbonyl (C=O) groups excluding carboxylic acids is 1. The first kappa shape index (κ1) is 22.0. The molecule has 6 nitrogen and oxygen atoms in total. The summed E-state index contributed by atoms with van der Waals surface area (Å²) in [5.41, 5.74) is 3.84. The van der Waals surface area contributed by atoms with Crippen LogP contribution in [0.5, 0.6) is 0 Å². The van der Waals surface area contributed by atoms with Crippen LogP contribution in [-0.2, 0) is 0 Å². The molecule has 0 N–H and O–H groups in total. The number of benzene rings is 3. The van der Waals surface area contributed by atoms with Crippen LogP contribution in [0.15, 0.2) is 93.3 Å². The number of nitrogens with zero attached hydrogens (tertiary/aromatic N) is 5. The number of rotatable bonds is 9. The van der Waals surface area contributed by atoms with Crippen LogP contribution in [0, 0.1) is 0 Å². The van der Waals surface area contributed by atoms with E-state index in [2.05, 4.69) is 51.3 Å². The Morgan fingerprint density at radius 1 is 0.710 bits per heavy atom. The molecule has 0 saturated heterocycles. The molecule has 3 rings (SSSR count). The van der Waals surface area contributed by atoms with Crippen molar-refractivity contribution in [2.45, 2.75) is 20.3 Å². The number of hydrogen-bond acceptors (Lipinski definition) is 6. The molecule has 0 aliphatic rings. The van der Waals surface area contributed by atoms with Crippen molar-refractivity contribution in [1.82, 2.24) is 0 Å². The van der Waals surface area contributed by atoms with Crippen molar-refractivity contribution in [1.29, 1.82) is 0 Å². The second-order valence-electron chi connectivity index (χ2n) is 6.83. The predicted octanol–water partition coefficient (Wildman–Crippen LogP) is 7.86. The van der Waals surface area contributed by atoms with Crippen molar-refractivity contribution in [3.05, 3.63) is 78.4 Å². The summed E-state index contributed by atoms with van der Waals surface area (Å²) in [5, 5.41) is 16.8. The molecule has 31 heavy (non-hydrogen) atoms. The first-order chi connectivity index (χ1) is 15.1. The SMILES string of the molecule is CCCN(CC)c1ccc(N=Nc2ccc(N=Nc3ccc(C(=O)F)cc3)cc2)cc1. The van der Waals surface area contributed by atoms with Crippen LogP contribution in [0.4, 0.5) is 32.8 Å². The van der Waals surface area contributed by atoms with Gasteiger partial charge < -0.3 is 4.90 Å². The molecular formula is C24H24FN5O. The summed E-state index contributed by atoms with van der Waals surface area (Å²) >= 11 is 0. The summed E-state index contributed by atoms with van der Waals surface area (Å²) in [7, 11) is 0. The van der Waals surface area contributed by atoms with Crippen molar-refractivity contribution in [2.24, 2.45) is 20.5 Å². The summed E-state index contributed by atoms with van der Waals surface area (Å²) in [6, 6.07) is 19.6. The molecule has 3 aromatic carbocycles. The maximum Gasteiger partial charge on any atom is 0.332 e. The number of azo groups is 2. The Hall–Kier alpha value is -3.74. The van der Waals surface area contributed by atoms with Crippen LogP contribution in [-0.4, -0.2) is 19.1 Å². The van der Waals surface area contributed by atoms with Gasteiger partial charge in [0.05, 0.1) is 28.3 Å². The second kappa shape index (κ2) is 10.9. The van der Waals surface area contributed by atoms with Gasteiger partial charge in [-0.05, 0) is 86.1 Å². The minimum atomic E-state index is -1.47. The molecular weight excluding hydrogens is 393 g/mol. The lowest BCUT2D eigenvalue weighted by Gasteiger charge is -2.22. The highest BCUT2D eigenvalue weighted by atomic mass is 19.1. The van der Waals surface area contributed by atoms with Gasteiger partial charge in [0, 0.05) is 18.8 Å². The molecule has 0 spiro atoms. The molecule has 0 bridgehead atoms. The first-order valence-electron chi connectivity index (χ1n) is 10.2. The number of halogens is 1. The Morgan fingerprint density at radius 2 is 1.10 bits per heavy atom. The Labute approximate surface area is 181 Å². The molecule has 0 aliphatic heterocycles. The zero-order valence-electron chi connectivity index (χ0n) is 17.6. The molecule has 0 amide bonds. The van der Waals surface area contributed by atoms with Gasteiger partial charge in [0.2, 0.25) is 0 Å². The van der Waals surface area contributed by atoms with E-state index in [4.69, 9.17) is 0 Å². The van der Waals surface area contributed by atoms with Gasteiger partial charge in [0.1, 0.15) is 0 Å². The van der Waals surface area contributed by atoms with E-state index in [9.17, 15) is 9.18 Å². The number of anilines is 1. The van der Waals surface area contributed by atoms with Gasteiger partial charge in [0.25, 0.3) is 0 Å². The summed E-state index contributed by atoms with van der Waals surface area (Å²) in [6.07, 6.45) is 1.11. The zero-order valence-corrected chi connectivity index (χ0v) is 17.6. The van der Waals surface area contributed by atoms with Crippen molar-refractivity contribution in [3.8, 4) is 0 Å². The molecule has 3 aromatic rings. The highest BCUT2D eigenvalue weighted by Crippen LogP contribution is 2.25. The van der Waals surface area contributed by atoms with E-state index in [1.165, 1.54) is 30.0 Å². The second-order valence-corrected chi connectivity index (χ2v) is 6.83. The van der Waals surface area contributed by atoms with Crippen LogP contribution in [0.2, 0.25) is 0 Å². The van der Waals surface area contributed by atoms with E-state index in [1.807, 2.05) is 12.1 Å². The van der Waals surface area contributed by atoms with Gasteiger partial charge in [-0.2, -0.15) is 24.8 Å². The lowest BCUT2D eigenvalue weighted by atomic mass is 10.2. The van der Waals surface area contributed by atoms with Gasteiger partial charge in [0.15, 0.2) is 0 Å². The van der Waals surface area contributed by atoms with Crippen molar-refractivity contribution < 1.29 is 9.18 Å². The van der Waals surface area contributed by atoms with Crippen LogP contribution < -0.4 is 4.90 Å². The minimum Gasteiger partial charge on any atom is -0.372 e.